The van der Waals surface area contributed by atoms with E-state index in [9.17, 15) is 9.59 Å². The molecular formula is C12H13NO3. The summed E-state index contributed by atoms with van der Waals surface area (Å²) in [6.45, 7) is 2.03. The predicted octanol–water partition coefficient (Wildman–Crippen LogP) is 1.70. The van der Waals surface area contributed by atoms with Gasteiger partial charge in [0, 0.05) is 0 Å². The van der Waals surface area contributed by atoms with Gasteiger partial charge in [-0.25, -0.2) is 9.79 Å². The van der Waals surface area contributed by atoms with Gasteiger partial charge < -0.3 is 4.74 Å². The highest BCUT2D eigenvalue weighted by Crippen LogP contribution is 2.04. The van der Waals surface area contributed by atoms with Crippen LogP contribution in [-0.4, -0.2) is 18.6 Å². The molecule has 84 valence electrons. The average Bonchev–Trinajstić information content (AvgIpc) is 2.34. The van der Waals surface area contributed by atoms with Gasteiger partial charge in [0.1, 0.15) is 6.61 Å². The zero-order valence-corrected chi connectivity index (χ0v) is 9.05. The molecule has 0 N–H and O–H groups in total. The Morgan fingerprint density at radius 2 is 2.12 bits per heavy atom. The Morgan fingerprint density at radius 1 is 1.44 bits per heavy atom. The lowest BCUT2D eigenvalue weighted by Gasteiger charge is -2.08. The monoisotopic (exact) mass is 219 g/mol. The largest absolute Gasteiger partial charge is 0.461 e. The molecule has 0 radical (unpaired) electrons. The Hall–Kier alpha value is -1.93. The molecule has 0 saturated carbocycles. The van der Waals surface area contributed by atoms with Crippen LogP contribution < -0.4 is 0 Å². The number of esters is 1. The molecule has 0 bridgehead atoms. The highest BCUT2D eigenvalue weighted by Gasteiger charge is 2.13. The molecule has 0 amide bonds. The fraction of sp³-hybridized carbons (Fsp3) is 0.333. The van der Waals surface area contributed by atoms with Gasteiger partial charge in [0.15, 0.2) is 0 Å². The number of nitrogens with zero attached hydrogens (tertiary/aromatic N) is 1. The van der Waals surface area contributed by atoms with E-state index in [-0.39, 0.29) is 19.1 Å². The maximum absolute atomic E-state index is 11.4. The van der Waals surface area contributed by atoms with Crippen molar-refractivity contribution in [3.63, 3.8) is 0 Å². The van der Waals surface area contributed by atoms with E-state index in [1.54, 1.807) is 6.92 Å². The second-order valence-electron chi connectivity index (χ2n) is 3.43. The van der Waals surface area contributed by atoms with Gasteiger partial charge in [-0.3, -0.25) is 4.79 Å². The van der Waals surface area contributed by atoms with E-state index in [0.29, 0.717) is 0 Å². The molecule has 0 aromatic heterocycles. The molecule has 0 fully saturated rings. The third-order valence-corrected chi connectivity index (χ3v) is 2.06. The fourth-order valence-corrected chi connectivity index (χ4v) is 1.12. The highest BCUT2D eigenvalue weighted by molar-refractivity contribution is 5.72. The number of aliphatic imine (C=N–C) groups is 1. The number of benzene rings is 1. The molecule has 1 aromatic carbocycles. The van der Waals surface area contributed by atoms with E-state index in [1.807, 2.05) is 30.3 Å². The Morgan fingerprint density at radius 3 is 2.75 bits per heavy atom. The molecule has 0 saturated heterocycles. The Kier molecular flexibility index (Phi) is 4.96. The standard InChI is InChI=1S/C12H13NO3/c1-10(7-13-9-14)12(15)16-8-11-5-3-2-4-6-11/h2-6,10H,7-8H2,1H3/t10-/m1/s1. The second kappa shape index (κ2) is 6.53. The zero-order valence-electron chi connectivity index (χ0n) is 9.05. The first kappa shape index (κ1) is 12.1. The normalized spacial score (nSPS) is 11.3. The van der Waals surface area contributed by atoms with Gasteiger partial charge in [0.25, 0.3) is 0 Å². The topological polar surface area (TPSA) is 55.7 Å². The molecule has 1 atom stereocenters. The molecule has 1 aromatic rings. The van der Waals surface area contributed by atoms with Crippen molar-refractivity contribution < 1.29 is 14.3 Å². The molecule has 0 unspecified atom stereocenters. The lowest BCUT2D eigenvalue weighted by molar-refractivity contribution is -0.148. The lowest BCUT2D eigenvalue weighted by atomic mass is 10.2. The number of rotatable bonds is 5. The molecule has 4 heteroatoms. The summed E-state index contributed by atoms with van der Waals surface area (Å²) >= 11 is 0. The lowest BCUT2D eigenvalue weighted by Crippen LogP contribution is -2.17. The number of hydrogen-bond donors (Lipinski definition) is 0. The summed E-state index contributed by atoms with van der Waals surface area (Å²) in [7, 11) is 0. The highest BCUT2D eigenvalue weighted by atomic mass is 16.5. The van der Waals surface area contributed by atoms with Gasteiger partial charge in [0.05, 0.1) is 12.5 Å². The second-order valence-corrected chi connectivity index (χ2v) is 3.43. The molecule has 1 rings (SSSR count). The molecular weight excluding hydrogens is 206 g/mol. The Labute approximate surface area is 94.0 Å². The van der Waals surface area contributed by atoms with Gasteiger partial charge in [-0.15, -0.1) is 0 Å². The molecule has 0 spiro atoms. The number of ether oxygens (including phenoxy) is 1. The van der Waals surface area contributed by atoms with Crippen LogP contribution >= 0.6 is 0 Å². The summed E-state index contributed by atoms with van der Waals surface area (Å²) in [6.07, 6.45) is 1.39. The van der Waals surface area contributed by atoms with Crippen LogP contribution in [0.2, 0.25) is 0 Å². The van der Waals surface area contributed by atoms with E-state index in [0.717, 1.165) is 5.56 Å². The molecule has 4 nitrogen and oxygen atoms in total. The van der Waals surface area contributed by atoms with E-state index in [2.05, 4.69) is 4.99 Å². The maximum Gasteiger partial charge on any atom is 0.310 e. The van der Waals surface area contributed by atoms with Crippen LogP contribution in [-0.2, 0) is 20.9 Å². The first-order chi connectivity index (χ1) is 7.74. The number of isocyanates is 1. The predicted molar refractivity (Wildman–Crippen MR) is 58.4 cm³/mol. The first-order valence-electron chi connectivity index (χ1n) is 4.98. The van der Waals surface area contributed by atoms with Crippen LogP contribution in [0.3, 0.4) is 0 Å². The fourth-order valence-electron chi connectivity index (χ4n) is 1.12. The third kappa shape index (κ3) is 4.07. The van der Waals surface area contributed by atoms with Crippen molar-refractivity contribution in [2.24, 2.45) is 10.9 Å². The quantitative estimate of drug-likeness (QED) is 0.430. The number of carbonyl (C=O) groups is 1. The van der Waals surface area contributed by atoms with Gasteiger partial charge in [-0.1, -0.05) is 37.3 Å². The van der Waals surface area contributed by atoms with Crippen LogP contribution in [0.5, 0.6) is 0 Å². The average molecular weight is 219 g/mol. The summed E-state index contributed by atoms with van der Waals surface area (Å²) in [5, 5.41) is 0. The van der Waals surface area contributed by atoms with Gasteiger partial charge >= 0.3 is 5.97 Å². The third-order valence-electron chi connectivity index (χ3n) is 2.06. The molecule has 16 heavy (non-hydrogen) atoms. The molecule has 0 aliphatic rings. The van der Waals surface area contributed by atoms with E-state index >= 15 is 0 Å². The van der Waals surface area contributed by atoms with Crippen molar-refractivity contribution in [2.45, 2.75) is 13.5 Å². The molecule has 0 heterocycles. The van der Waals surface area contributed by atoms with Crippen LogP contribution in [0.1, 0.15) is 12.5 Å². The van der Waals surface area contributed by atoms with Crippen molar-refractivity contribution in [2.75, 3.05) is 6.54 Å². The summed E-state index contributed by atoms with van der Waals surface area (Å²) < 4.78 is 5.06. The van der Waals surface area contributed by atoms with Crippen molar-refractivity contribution in [1.82, 2.24) is 0 Å². The molecule has 0 aliphatic carbocycles. The van der Waals surface area contributed by atoms with Crippen molar-refractivity contribution in [3.8, 4) is 0 Å². The smallest absolute Gasteiger partial charge is 0.310 e. The first-order valence-corrected chi connectivity index (χ1v) is 4.98. The van der Waals surface area contributed by atoms with Crippen molar-refractivity contribution >= 4 is 12.0 Å². The van der Waals surface area contributed by atoms with Crippen molar-refractivity contribution in [3.05, 3.63) is 35.9 Å². The zero-order chi connectivity index (χ0) is 11.8. The summed E-state index contributed by atoms with van der Waals surface area (Å²) in [4.78, 5) is 24.6. The van der Waals surface area contributed by atoms with Crippen LogP contribution in [0.25, 0.3) is 0 Å². The minimum absolute atomic E-state index is 0.122. The Bertz CT molecular complexity index is 383. The molecule has 0 aliphatic heterocycles. The summed E-state index contributed by atoms with van der Waals surface area (Å²) in [5.74, 6) is -0.770. The van der Waals surface area contributed by atoms with E-state index in [4.69, 9.17) is 4.74 Å². The van der Waals surface area contributed by atoms with Gasteiger partial charge in [-0.2, -0.15) is 0 Å². The SMILES string of the molecule is C[C@H](CN=C=O)C(=O)OCc1ccccc1. The summed E-state index contributed by atoms with van der Waals surface area (Å²) in [5.41, 5.74) is 0.932. The minimum Gasteiger partial charge on any atom is -0.461 e. The number of carbonyl (C=O) groups excluding carboxylic acids is 2. The van der Waals surface area contributed by atoms with E-state index < -0.39 is 5.92 Å². The Balaban J connectivity index is 2.38. The minimum atomic E-state index is -0.412. The van der Waals surface area contributed by atoms with Crippen LogP contribution in [0.15, 0.2) is 35.3 Å². The summed E-state index contributed by atoms with van der Waals surface area (Å²) in [6, 6.07) is 9.41. The van der Waals surface area contributed by atoms with Crippen molar-refractivity contribution in [1.29, 1.82) is 0 Å². The van der Waals surface area contributed by atoms with Crippen LogP contribution in [0, 0.1) is 5.92 Å². The maximum atomic E-state index is 11.4. The number of hydrogen-bond acceptors (Lipinski definition) is 4. The van der Waals surface area contributed by atoms with Gasteiger partial charge in [0.2, 0.25) is 6.08 Å². The van der Waals surface area contributed by atoms with E-state index in [1.165, 1.54) is 6.08 Å². The van der Waals surface area contributed by atoms with Gasteiger partial charge in [-0.05, 0) is 5.56 Å². The van der Waals surface area contributed by atoms with Crippen LogP contribution in [0.4, 0.5) is 0 Å².